The summed E-state index contributed by atoms with van der Waals surface area (Å²) in [5, 5.41) is 0. The van der Waals surface area contributed by atoms with Gasteiger partial charge in [0.05, 0.1) is 0 Å². The molecule has 438 valence electrons. The Balaban J connectivity index is 4.39. The number of allylic oxidation sites excluding steroid dienone is 14. The highest BCUT2D eigenvalue weighted by Crippen LogP contribution is 2.16. The number of unbranched alkanes of at least 4 members (excludes halogenated alkanes) is 34. The van der Waals surface area contributed by atoms with Crippen molar-refractivity contribution in [2.75, 3.05) is 13.2 Å². The van der Waals surface area contributed by atoms with Gasteiger partial charge in [0.1, 0.15) is 13.2 Å². The van der Waals surface area contributed by atoms with Gasteiger partial charge in [0.2, 0.25) is 0 Å². The highest BCUT2D eigenvalue weighted by molar-refractivity contribution is 5.71. The lowest BCUT2D eigenvalue weighted by atomic mass is 10.1. The molecule has 0 aliphatic rings. The number of ether oxygens (including phenoxy) is 3. The van der Waals surface area contributed by atoms with Crippen LogP contribution in [0.4, 0.5) is 0 Å². The lowest BCUT2D eigenvalue weighted by molar-refractivity contribution is -0.167. The maximum Gasteiger partial charge on any atom is 0.306 e. The molecule has 0 bridgehead atoms. The molecule has 1 atom stereocenters. The van der Waals surface area contributed by atoms with Crippen LogP contribution in [0.25, 0.3) is 0 Å². The number of rotatable bonds is 59. The zero-order valence-electron chi connectivity index (χ0n) is 50.3. The van der Waals surface area contributed by atoms with Crippen molar-refractivity contribution in [2.45, 2.75) is 329 Å². The van der Waals surface area contributed by atoms with Gasteiger partial charge in [0.25, 0.3) is 0 Å². The second-order valence-electron chi connectivity index (χ2n) is 21.6. The SMILES string of the molecule is CC/C=C\C/C=C\C/C=C\C/C=C\CCCCCCCCCCC(=O)OCC(COC(=O)CCCCCCC/C=C\C/C=C\CCCCCC)OC(=O)CCCCCCCCCCC/C=C\CCCCCCCCCC. The minimum Gasteiger partial charge on any atom is -0.462 e. The van der Waals surface area contributed by atoms with Crippen LogP contribution in [0.15, 0.2) is 85.1 Å². The first-order valence-electron chi connectivity index (χ1n) is 32.6. The van der Waals surface area contributed by atoms with E-state index in [1.807, 2.05) is 0 Å². The number of carbonyl (C=O) groups is 3. The first-order chi connectivity index (χ1) is 37.5. The van der Waals surface area contributed by atoms with E-state index in [9.17, 15) is 14.4 Å². The monoisotopic (exact) mass is 1060 g/mol. The van der Waals surface area contributed by atoms with E-state index in [0.717, 1.165) is 109 Å². The van der Waals surface area contributed by atoms with Crippen molar-refractivity contribution in [3.05, 3.63) is 85.1 Å². The summed E-state index contributed by atoms with van der Waals surface area (Å²) in [6.07, 6.45) is 84.4. The first-order valence-corrected chi connectivity index (χ1v) is 32.6. The van der Waals surface area contributed by atoms with Crippen molar-refractivity contribution >= 4 is 17.9 Å². The van der Waals surface area contributed by atoms with Crippen LogP contribution in [0.3, 0.4) is 0 Å². The van der Waals surface area contributed by atoms with Crippen LogP contribution in [-0.4, -0.2) is 37.2 Å². The normalized spacial score (nSPS) is 12.6. The minimum atomic E-state index is -0.789. The van der Waals surface area contributed by atoms with E-state index in [1.54, 1.807) is 0 Å². The summed E-state index contributed by atoms with van der Waals surface area (Å²) in [6.45, 7) is 6.53. The molecule has 0 radical (unpaired) electrons. The molecule has 76 heavy (non-hydrogen) atoms. The van der Waals surface area contributed by atoms with Crippen LogP contribution < -0.4 is 0 Å². The van der Waals surface area contributed by atoms with Gasteiger partial charge in [0.15, 0.2) is 6.10 Å². The Kier molecular flexibility index (Phi) is 61.2. The molecule has 0 rings (SSSR count). The smallest absolute Gasteiger partial charge is 0.306 e. The van der Waals surface area contributed by atoms with E-state index in [2.05, 4.69) is 106 Å². The summed E-state index contributed by atoms with van der Waals surface area (Å²) in [6, 6.07) is 0. The predicted molar refractivity (Wildman–Crippen MR) is 330 cm³/mol. The summed E-state index contributed by atoms with van der Waals surface area (Å²) in [4.78, 5) is 38.4. The molecule has 0 aromatic carbocycles. The van der Waals surface area contributed by atoms with Gasteiger partial charge in [-0.15, -0.1) is 0 Å². The highest BCUT2D eigenvalue weighted by atomic mass is 16.6. The Morgan fingerprint density at radius 1 is 0.276 bits per heavy atom. The molecule has 0 aromatic rings. The van der Waals surface area contributed by atoms with Crippen molar-refractivity contribution < 1.29 is 28.6 Å². The fourth-order valence-electron chi connectivity index (χ4n) is 9.23. The number of esters is 3. The van der Waals surface area contributed by atoms with Crippen molar-refractivity contribution in [2.24, 2.45) is 0 Å². The zero-order valence-corrected chi connectivity index (χ0v) is 50.3. The molecular weight excluding hydrogens is 937 g/mol. The van der Waals surface area contributed by atoms with E-state index >= 15 is 0 Å². The van der Waals surface area contributed by atoms with Gasteiger partial charge in [-0.1, -0.05) is 273 Å². The lowest BCUT2D eigenvalue weighted by Crippen LogP contribution is -2.30. The van der Waals surface area contributed by atoms with Gasteiger partial charge in [0, 0.05) is 19.3 Å². The highest BCUT2D eigenvalue weighted by Gasteiger charge is 2.19. The Morgan fingerprint density at radius 2 is 0.513 bits per heavy atom. The molecule has 6 nitrogen and oxygen atoms in total. The third-order valence-electron chi connectivity index (χ3n) is 14.1. The Labute approximate surface area is 471 Å². The molecule has 6 heteroatoms. The molecule has 0 spiro atoms. The van der Waals surface area contributed by atoms with E-state index in [-0.39, 0.29) is 31.1 Å². The second kappa shape index (κ2) is 64.1. The fraction of sp³-hybridized carbons (Fsp3) is 0.757. The van der Waals surface area contributed by atoms with Crippen LogP contribution in [0.1, 0.15) is 323 Å². The molecule has 0 heterocycles. The third-order valence-corrected chi connectivity index (χ3v) is 14.1. The number of hydrogen-bond donors (Lipinski definition) is 0. The largest absolute Gasteiger partial charge is 0.462 e. The van der Waals surface area contributed by atoms with E-state index < -0.39 is 6.10 Å². The average Bonchev–Trinajstić information content (AvgIpc) is 3.42. The van der Waals surface area contributed by atoms with E-state index in [0.29, 0.717) is 19.3 Å². The predicted octanol–water partition coefficient (Wildman–Crippen LogP) is 22.3. The fourth-order valence-corrected chi connectivity index (χ4v) is 9.23. The standard InChI is InChI=1S/C70H122O6/c1-4-7-10-13-16-19-22-25-28-31-33-35-37-39-42-45-48-51-54-57-60-63-69(72)75-66-67(65-74-68(71)62-59-56-53-50-47-44-41-30-27-24-21-18-15-12-9-6-3)76-70(73)64-61-58-55-52-49-46-43-40-38-36-34-32-29-26-23-20-17-14-11-8-5-2/h7,10,16,19,21,24-25,28,30,32-35,41,67H,4-6,8-9,11-15,17-18,20,22-23,26-27,29,31,36-40,42-66H2,1-3H3/b10-7-,19-16-,24-21-,28-25-,34-32-,35-33-,41-30-. The van der Waals surface area contributed by atoms with Gasteiger partial charge in [-0.25, -0.2) is 0 Å². The molecule has 0 saturated heterocycles. The van der Waals surface area contributed by atoms with Crippen molar-refractivity contribution in [1.29, 1.82) is 0 Å². The zero-order chi connectivity index (χ0) is 55.0. The molecule has 0 aromatic heterocycles. The molecular formula is C70H122O6. The average molecular weight is 1060 g/mol. The second-order valence-corrected chi connectivity index (χ2v) is 21.6. The van der Waals surface area contributed by atoms with Crippen LogP contribution in [0.2, 0.25) is 0 Å². The lowest BCUT2D eigenvalue weighted by Gasteiger charge is -2.18. The van der Waals surface area contributed by atoms with Crippen molar-refractivity contribution in [3.63, 3.8) is 0 Å². The Bertz CT molecular complexity index is 1450. The summed E-state index contributed by atoms with van der Waals surface area (Å²) in [5.41, 5.74) is 0. The first kappa shape index (κ1) is 72.6. The molecule has 0 amide bonds. The quantitative estimate of drug-likeness (QED) is 0.0261. The van der Waals surface area contributed by atoms with E-state index in [1.165, 1.54) is 173 Å². The minimum absolute atomic E-state index is 0.0852. The number of hydrogen-bond acceptors (Lipinski definition) is 6. The molecule has 0 saturated carbocycles. The molecule has 0 fully saturated rings. The molecule has 0 aliphatic carbocycles. The maximum absolute atomic E-state index is 12.9. The van der Waals surface area contributed by atoms with Gasteiger partial charge in [-0.3, -0.25) is 14.4 Å². The summed E-state index contributed by atoms with van der Waals surface area (Å²) < 4.78 is 16.9. The van der Waals surface area contributed by atoms with Gasteiger partial charge in [-0.2, -0.15) is 0 Å². The maximum atomic E-state index is 12.9. The van der Waals surface area contributed by atoms with Crippen LogP contribution in [-0.2, 0) is 28.6 Å². The topological polar surface area (TPSA) is 78.9 Å². The summed E-state index contributed by atoms with van der Waals surface area (Å²) in [5.74, 6) is -0.895. The van der Waals surface area contributed by atoms with Gasteiger partial charge < -0.3 is 14.2 Å². The van der Waals surface area contributed by atoms with Crippen molar-refractivity contribution in [1.82, 2.24) is 0 Å². The summed E-state index contributed by atoms with van der Waals surface area (Å²) in [7, 11) is 0. The Hall–Kier alpha value is -3.41. The molecule has 1 unspecified atom stereocenters. The van der Waals surface area contributed by atoms with E-state index in [4.69, 9.17) is 14.2 Å². The van der Waals surface area contributed by atoms with Gasteiger partial charge in [-0.05, 0) is 116 Å². The molecule has 0 N–H and O–H groups in total. The Morgan fingerprint density at radius 3 is 0.829 bits per heavy atom. The van der Waals surface area contributed by atoms with Crippen LogP contribution >= 0.6 is 0 Å². The number of carbonyl (C=O) groups excluding carboxylic acids is 3. The van der Waals surface area contributed by atoms with Crippen LogP contribution in [0, 0.1) is 0 Å². The van der Waals surface area contributed by atoms with Gasteiger partial charge >= 0.3 is 17.9 Å². The third kappa shape index (κ3) is 61.4. The van der Waals surface area contributed by atoms with Crippen LogP contribution in [0.5, 0.6) is 0 Å². The van der Waals surface area contributed by atoms with Crippen molar-refractivity contribution in [3.8, 4) is 0 Å². The molecule has 0 aliphatic heterocycles. The summed E-state index contributed by atoms with van der Waals surface area (Å²) >= 11 is 0.